The van der Waals surface area contributed by atoms with Gasteiger partial charge in [-0.3, -0.25) is 14.5 Å². The van der Waals surface area contributed by atoms with Crippen LogP contribution in [0, 0.1) is 11.8 Å². The Hall–Kier alpha value is -1.92. The van der Waals surface area contributed by atoms with Crippen LogP contribution in [-0.2, 0) is 20.7 Å². The monoisotopic (exact) mass is 387 g/mol. The van der Waals surface area contributed by atoms with E-state index in [9.17, 15) is 9.59 Å². The third-order valence-electron chi connectivity index (χ3n) is 5.96. The molecule has 0 radical (unpaired) electrons. The number of carbonyl (C=O) groups is 2. The van der Waals surface area contributed by atoms with Crippen LogP contribution in [0.5, 0.6) is 0 Å². The van der Waals surface area contributed by atoms with E-state index in [-0.39, 0.29) is 23.7 Å². The molecule has 2 N–H and O–H groups in total. The molecule has 6 nitrogen and oxygen atoms in total. The predicted octanol–water partition coefficient (Wildman–Crippen LogP) is 2.44. The molecule has 0 bridgehead atoms. The van der Waals surface area contributed by atoms with E-state index in [4.69, 9.17) is 4.74 Å². The zero-order valence-electron chi connectivity index (χ0n) is 16.9. The van der Waals surface area contributed by atoms with E-state index in [1.165, 1.54) is 0 Å². The van der Waals surface area contributed by atoms with Gasteiger partial charge in [0.25, 0.3) is 0 Å². The molecule has 154 valence electrons. The third kappa shape index (κ3) is 5.79. The number of ether oxygens (including phenoxy) is 1. The summed E-state index contributed by atoms with van der Waals surface area (Å²) in [4.78, 5) is 27.4. The van der Waals surface area contributed by atoms with Crippen LogP contribution in [0.25, 0.3) is 0 Å². The lowest BCUT2D eigenvalue weighted by Crippen LogP contribution is -2.43. The molecule has 2 fully saturated rings. The Morgan fingerprint density at radius 2 is 1.68 bits per heavy atom. The Morgan fingerprint density at radius 3 is 2.36 bits per heavy atom. The molecule has 2 amide bonds. The van der Waals surface area contributed by atoms with E-state index in [0.29, 0.717) is 6.54 Å². The number of hydrogen-bond donors (Lipinski definition) is 2. The van der Waals surface area contributed by atoms with Gasteiger partial charge in [-0.25, -0.2) is 0 Å². The lowest BCUT2D eigenvalue weighted by atomic mass is 9.81. The van der Waals surface area contributed by atoms with Crippen molar-refractivity contribution in [2.45, 2.75) is 39.0 Å². The van der Waals surface area contributed by atoms with Crippen LogP contribution < -0.4 is 10.6 Å². The lowest BCUT2D eigenvalue weighted by molar-refractivity contribution is -0.128. The first-order valence-electron chi connectivity index (χ1n) is 10.6. The topological polar surface area (TPSA) is 70.7 Å². The van der Waals surface area contributed by atoms with Crippen LogP contribution >= 0.6 is 0 Å². The maximum Gasteiger partial charge on any atom is 0.227 e. The van der Waals surface area contributed by atoms with Gasteiger partial charge in [-0.15, -0.1) is 0 Å². The summed E-state index contributed by atoms with van der Waals surface area (Å²) in [5.41, 5.74) is 2.07. The number of benzene rings is 1. The minimum absolute atomic E-state index is 0.00214. The van der Waals surface area contributed by atoms with Crippen LogP contribution in [0.15, 0.2) is 24.3 Å². The van der Waals surface area contributed by atoms with Crippen molar-refractivity contribution in [2.24, 2.45) is 11.8 Å². The van der Waals surface area contributed by atoms with Crippen molar-refractivity contribution in [1.82, 2.24) is 10.2 Å². The molecule has 0 unspecified atom stereocenters. The molecule has 1 aliphatic heterocycles. The fraction of sp³-hybridized carbons (Fsp3) is 0.636. The minimum Gasteiger partial charge on any atom is -0.379 e. The highest BCUT2D eigenvalue weighted by molar-refractivity contribution is 5.93. The van der Waals surface area contributed by atoms with Gasteiger partial charge in [-0.2, -0.15) is 0 Å². The fourth-order valence-corrected chi connectivity index (χ4v) is 4.11. The average Bonchev–Trinajstić information content (AvgIpc) is 2.75. The van der Waals surface area contributed by atoms with Crippen LogP contribution in [0.4, 0.5) is 5.69 Å². The number of para-hydroxylation sites is 1. The quantitative estimate of drug-likeness (QED) is 0.754. The Bertz CT molecular complexity index is 650. The summed E-state index contributed by atoms with van der Waals surface area (Å²) in [7, 11) is 0. The number of carbonyl (C=O) groups excluding carboxylic acids is 2. The molecule has 1 aromatic rings. The van der Waals surface area contributed by atoms with Crippen LogP contribution in [0.3, 0.4) is 0 Å². The van der Waals surface area contributed by atoms with Crippen molar-refractivity contribution >= 4 is 17.5 Å². The maximum absolute atomic E-state index is 12.6. The van der Waals surface area contributed by atoms with Crippen molar-refractivity contribution in [3.63, 3.8) is 0 Å². The van der Waals surface area contributed by atoms with Crippen molar-refractivity contribution in [3.05, 3.63) is 29.8 Å². The molecule has 3 rings (SSSR count). The number of nitrogens with one attached hydrogen (secondary N) is 2. The molecule has 0 atom stereocenters. The first-order valence-corrected chi connectivity index (χ1v) is 10.6. The zero-order chi connectivity index (χ0) is 19.8. The number of anilines is 1. The maximum atomic E-state index is 12.6. The molecule has 1 saturated heterocycles. The van der Waals surface area contributed by atoms with Crippen LogP contribution in [0.1, 0.15) is 38.2 Å². The fourth-order valence-electron chi connectivity index (χ4n) is 4.11. The Labute approximate surface area is 168 Å². The van der Waals surface area contributed by atoms with E-state index >= 15 is 0 Å². The van der Waals surface area contributed by atoms with Gasteiger partial charge in [0.05, 0.1) is 13.2 Å². The number of rotatable bonds is 7. The molecule has 0 aromatic heterocycles. The summed E-state index contributed by atoms with van der Waals surface area (Å²) in [6.45, 7) is 7.10. The summed E-state index contributed by atoms with van der Waals surface area (Å²) in [6.07, 6.45) is 4.03. The first kappa shape index (κ1) is 20.8. The minimum atomic E-state index is 0.00214. The van der Waals surface area contributed by atoms with Gasteiger partial charge in [-0.1, -0.05) is 25.1 Å². The summed E-state index contributed by atoms with van der Waals surface area (Å²) in [5.74, 6) is 0.273. The molecule has 28 heavy (non-hydrogen) atoms. The normalized spacial score (nSPS) is 23.2. The second-order valence-corrected chi connectivity index (χ2v) is 7.79. The standard InChI is InChI=1S/C22H33N3O3/c1-2-17-5-3-4-6-20(17)24-22(27)19-9-7-18(8-10-19)21(26)23-11-12-25-13-15-28-16-14-25/h3-6,18-19H,2,7-16H2,1H3,(H,23,26)(H,24,27). The van der Waals surface area contributed by atoms with Crippen molar-refractivity contribution < 1.29 is 14.3 Å². The number of aryl methyl sites for hydroxylation is 1. The van der Waals surface area contributed by atoms with Gasteiger partial charge in [0.15, 0.2) is 0 Å². The highest BCUT2D eigenvalue weighted by Gasteiger charge is 2.30. The summed E-state index contributed by atoms with van der Waals surface area (Å²) in [5, 5.41) is 6.17. The van der Waals surface area contributed by atoms with E-state index in [0.717, 1.165) is 76.2 Å². The van der Waals surface area contributed by atoms with Gasteiger partial charge in [-0.05, 0) is 43.7 Å². The second kappa shape index (κ2) is 10.6. The van der Waals surface area contributed by atoms with E-state index in [1.54, 1.807) is 0 Å². The van der Waals surface area contributed by atoms with Gasteiger partial charge < -0.3 is 15.4 Å². The summed E-state index contributed by atoms with van der Waals surface area (Å²) >= 11 is 0. The average molecular weight is 388 g/mol. The number of amides is 2. The molecule has 1 aliphatic carbocycles. The van der Waals surface area contributed by atoms with E-state index in [2.05, 4.69) is 22.5 Å². The molecular formula is C22H33N3O3. The smallest absolute Gasteiger partial charge is 0.227 e. The number of morpholine rings is 1. The summed E-state index contributed by atoms with van der Waals surface area (Å²) < 4.78 is 5.34. The SMILES string of the molecule is CCc1ccccc1NC(=O)C1CCC(C(=O)NCCN2CCOCC2)CC1. The molecule has 0 spiro atoms. The third-order valence-corrected chi connectivity index (χ3v) is 5.96. The zero-order valence-corrected chi connectivity index (χ0v) is 16.9. The first-order chi connectivity index (χ1) is 13.7. The van der Waals surface area contributed by atoms with Crippen molar-refractivity contribution in [1.29, 1.82) is 0 Å². The molecule has 1 aromatic carbocycles. The molecule has 6 heteroatoms. The molecule has 1 saturated carbocycles. The molecular weight excluding hydrogens is 354 g/mol. The highest BCUT2D eigenvalue weighted by Crippen LogP contribution is 2.30. The number of nitrogens with zero attached hydrogens (tertiary/aromatic N) is 1. The Kier molecular flexibility index (Phi) is 7.86. The van der Waals surface area contributed by atoms with Gasteiger partial charge in [0.2, 0.25) is 11.8 Å². The Morgan fingerprint density at radius 1 is 1.04 bits per heavy atom. The summed E-state index contributed by atoms with van der Waals surface area (Å²) in [6, 6.07) is 7.96. The van der Waals surface area contributed by atoms with Crippen LogP contribution in [0.2, 0.25) is 0 Å². The van der Waals surface area contributed by atoms with Crippen molar-refractivity contribution in [2.75, 3.05) is 44.7 Å². The lowest BCUT2D eigenvalue weighted by Gasteiger charge is -2.29. The van der Waals surface area contributed by atoms with Crippen LogP contribution in [-0.4, -0.2) is 56.1 Å². The van der Waals surface area contributed by atoms with Crippen molar-refractivity contribution in [3.8, 4) is 0 Å². The largest absolute Gasteiger partial charge is 0.379 e. The number of hydrogen-bond acceptors (Lipinski definition) is 4. The van der Waals surface area contributed by atoms with Gasteiger partial charge >= 0.3 is 0 Å². The van der Waals surface area contributed by atoms with Gasteiger partial charge in [0.1, 0.15) is 0 Å². The second-order valence-electron chi connectivity index (χ2n) is 7.79. The predicted molar refractivity (Wildman–Crippen MR) is 110 cm³/mol. The molecule has 2 aliphatic rings. The van der Waals surface area contributed by atoms with E-state index < -0.39 is 0 Å². The van der Waals surface area contributed by atoms with E-state index in [1.807, 2.05) is 24.3 Å². The Balaban J connectivity index is 1.38. The van der Waals surface area contributed by atoms with Gasteiger partial charge in [0, 0.05) is 43.7 Å². The molecule has 1 heterocycles. The highest BCUT2D eigenvalue weighted by atomic mass is 16.5.